The Morgan fingerprint density at radius 2 is 1.87 bits per heavy atom. The van der Waals surface area contributed by atoms with Gasteiger partial charge in [0, 0.05) is 9.75 Å². The van der Waals surface area contributed by atoms with E-state index in [1.807, 2.05) is 13.8 Å². The summed E-state index contributed by atoms with van der Waals surface area (Å²) in [6, 6.07) is 5.54. The average molecular weight is 356 g/mol. The molecule has 6 nitrogen and oxygen atoms in total. The van der Waals surface area contributed by atoms with Crippen LogP contribution in [0.2, 0.25) is 0 Å². The van der Waals surface area contributed by atoms with Crippen LogP contribution < -0.4 is 14.2 Å². The highest BCUT2D eigenvalue weighted by atomic mass is 32.2. The van der Waals surface area contributed by atoms with Crippen molar-refractivity contribution in [2.45, 2.75) is 24.8 Å². The SMILES string of the molecule is Cc1sc(C)c2c1OCC(COc1ccc(S(=O)(=O)O)cc1)O2. The van der Waals surface area contributed by atoms with Gasteiger partial charge in [-0.2, -0.15) is 8.42 Å². The lowest BCUT2D eigenvalue weighted by Crippen LogP contribution is -2.34. The van der Waals surface area contributed by atoms with Crippen LogP contribution in [0.5, 0.6) is 17.2 Å². The predicted molar refractivity (Wildman–Crippen MR) is 85.5 cm³/mol. The van der Waals surface area contributed by atoms with E-state index < -0.39 is 10.1 Å². The van der Waals surface area contributed by atoms with Gasteiger partial charge >= 0.3 is 0 Å². The van der Waals surface area contributed by atoms with E-state index in [0.29, 0.717) is 12.4 Å². The second kappa shape index (κ2) is 6.03. The van der Waals surface area contributed by atoms with Crippen molar-refractivity contribution >= 4 is 21.5 Å². The second-order valence-corrected chi connectivity index (χ2v) is 8.03. The Hall–Kier alpha value is -1.77. The molecular weight excluding hydrogens is 340 g/mol. The normalized spacial score (nSPS) is 17.1. The average Bonchev–Trinajstić information content (AvgIpc) is 2.79. The molecule has 0 bridgehead atoms. The van der Waals surface area contributed by atoms with Crippen LogP contribution in [0.15, 0.2) is 29.2 Å². The Morgan fingerprint density at radius 1 is 1.22 bits per heavy atom. The van der Waals surface area contributed by atoms with Gasteiger partial charge in [-0.25, -0.2) is 0 Å². The van der Waals surface area contributed by atoms with Crippen molar-refractivity contribution in [2.75, 3.05) is 13.2 Å². The molecule has 1 aromatic heterocycles. The first-order valence-corrected chi connectivity index (χ1v) is 9.20. The molecule has 124 valence electrons. The van der Waals surface area contributed by atoms with E-state index in [0.717, 1.165) is 21.3 Å². The second-order valence-electron chi connectivity index (χ2n) is 5.18. The maximum atomic E-state index is 11.0. The minimum absolute atomic E-state index is 0.170. The molecule has 23 heavy (non-hydrogen) atoms. The van der Waals surface area contributed by atoms with Gasteiger partial charge in [-0.3, -0.25) is 4.55 Å². The minimum Gasteiger partial charge on any atom is -0.490 e. The molecule has 2 heterocycles. The number of ether oxygens (including phenoxy) is 3. The summed E-state index contributed by atoms with van der Waals surface area (Å²) in [5.41, 5.74) is 0. The van der Waals surface area contributed by atoms with Gasteiger partial charge in [-0.15, -0.1) is 11.3 Å². The molecule has 0 spiro atoms. The van der Waals surface area contributed by atoms with E-state index in [9.17, 15) is 8.42 Å². The van der Waals surface area contributed by atoms with E-state index in [2.05, 4.69) is 0 Å². The lowest BCUT2D eigenvalue weighted by atomic mass is 10.3. The highest BCUT2D eigenvalue weighted by molar-refractivity contribution is 7.85. The third kappa shape index (κ3) is 3.44. The van der Waals surface area contributed by atoms with Crippen molar-refractivity contribution in [3.63, 3.8) is 0 Å². The third-order valence-corrected chi connectivity index (χ3v) is 5.26. The van der Waals surface area contributed by atoms with Gasteiger partial charge < -0.3 is 14.2 Å². The Labute approximate surface area is 138 Å². The van der Waals surface area contributed by atoms with E-state index in [-0.39, 0.29) is 17.6 Å². The summed E-state index contributed by atoms with van der Waals surface area (Å²) in [5.74, 6) is 2.07. The zero-order chi connectivity index (χ0) is 16.6. The number of aryl methyl sites for hydroxylation is 2. The molecule has 0 aliphatic carbocycles. The van der Waals surface area contributed by atoms with Gasteiger partial charge in [0.15, 0.2) is 17.6 Å². The predicted octanol–water partition coefficient (Wildman–Crippen LogP) is 2.83. The fraction of sp³-hybridized carbons (Fsp3) is 0.333. The van der Waals surface area contributed by atoms with Crippen LogP contribution in [0, 0.1) is 13.8 Å². The highest BCUT2D eigenvalue weighted by Gasteiger charge is 2.26. The molecule has 8 heteroatoms. The number of fused-ring (bicyclic) bond motifs is 1. The van der Waals surface area contributed by atoms with Crippen molar-refractivity contribution < 1.29 is 27.2 Å². The fourth-order valence-electron chi connectivity index (χ4n) is 2.30. The van der Waals surface area contributed by atoms with E-state index in [4.69, 9.17) is 18.8 Å². The number of thiophene rings is 1. The van der Waals surface area contributed by atoms with Gasteiger partial charge in [-0.1, -0.05) is 0 Å². The quantitative estimate of drug-likeness (QED) is 0.849. The summed E-state index contributed by atoms with van der Waals surface area (Å²) in [5, 5.41) is 0. The smallest absolute Gasteiger partial charge is 0.294 e. The van der Waals surface area contributed by atoms with Crippen molar-refractivity contribution in [3.8, 4) is 17.2 Å². The van der Waals surface area contributed by atoms with Crippen LogP contribution in [-0.2, 0) is 10.1 Å². The zero-order valence-electron chi connectivity index (χ0n) is 12.6. The Bertz CT molecular complexity index is 807. The summed E-state index contributed by atoms with van der Waals surface area (Å²) in [7, 11) is -4.19. The fourth-order valence-corrected chi connectivity index (χ4v) is 3.72. The monoisotopic (exact) mass is 356 g/mol. The summed E-state index contributed by atoms with van der Waals surface area (Å²) in [4.78, 5) is 1.99. The molecule has 1 atom stereocenters. The number of benzene rings is 1. The minimum atomic E-state index is -4.19. The van der Waals surface area contributed by atoms with Crippen molar-refractivity contribution in [3.05, 3.63) is 34.0 Å². The third-order valence-electron chi connectivity index (χ3n) is 3.41. The lowest BCUT2D eigenvalue weighted by Gasteiger charge is -2.25. The van der Waals surface area contributed by atoms with Gasteiger partial charge in [-0.05, 0) is 38.1 Å². The first-order chi connectivity index (χ1) is 10.8. The van der Waals surface area contributed by atoms with Crippen LogP contribution in [0.1, 0.15) is 9.75 Å². The zero-order valence-corrected chi connectivity index (χ0v) is 14.2. The topological polar surface area (TPSA) is 82.1 Å². The molecule has 1 aliphatic rings. The van der Waals surface area contributed by atoms with Crippen LogP contribution in [-0.4, -0.2) is 32.3 Å². The molecule has 0 amide bonds. The molecule has 0 saturated heterocycles. The van der Waals surface area contributed by atoms with Crippen LogP contribution >= 0.6 is 11.3 Å². The van der Waals surface area contributed by atoms with E-state index in [1.165, 1.54) is 24.3 Å². The van der Waals surface area contributed by atoms with Gasteiger partial charge in [0.05, 0.1) is 4.90 Å². The molecule has 3 rings (SSSR count). The molecule has 1 N–H and O–H groups in total. The Balaban J connectivity index is 1.62. The Kier molecular flexibility index (Phi) is 4.22. The summed E-state index contributed by atoms with van der Waals surface area (Å²) in [6.07, 6.45) is -0.239. The van der Waals surface area contributed by atoms with Crippen LogP contribution in [0.25, 0.3) is 0 Å². The van der Waals surface area contributed by atoms with E-state index in [1.54, 1.807) is 11.3 Å². The highest BCUT2D eigenvalue weighted by Crippen LogP contribution is 2.43. The Morgan fingerprint density at radius 3 is 2.52 bits per heavy atom. The first kappa shape index (κ1) is 16.1. The summed E-state index contributed by atoms with van der Waals surface area (Å²) in [6.45, 7) is 4.65. The molecule has 0 fully saturated rings. The standard InChI is InChI=1S/C15H16O6S2/c1-9-14-15(10(2)22-9)21-12(8-20-14)7-19-11-3-5-13(6-4-11)23(16,17)18/h3-6,12H,7-8H2,1-2H3,(H,16,17,18). The molecule has 1 aromatic carbocycles. The van der Waals surface area contributed by atoms with Gasteiger partial charge in [0.25, 0.3) is 10.1 Å². The van der Waals surface area contributed by atoms with Crippen molar-refractivity contribution in [1.82, 2.24) is 0 Å². The van der Waals surface area contributed by atoms with Crippen molar-refractivity contribution in [2.24, 2.45) is 0 Å². The summed E-state index contributed by atoms with van der Waals surface area (Å²) < 4.78 is 48.1. The lowest BCUT2D eigenvalue weighted by molar-refractivity contribution is 0.0536. The molecule has 1 unspecified atom stereocenters. The molecule has 0 radical (unpaired) electrons. The number of hydrogen-bond acceptors (Lipinski definition) is 6. The van der Waals surface area contributed by atoms with Gasteiger partial charge in [0.1, 0.15) is 19.0 Å². The maximum absolute atomic E-state index is 11.0. The maximum Gasteiger partial charge on any atom is 0.294 e. The van der Waals surface area contributed by atoms with Crippen LogP contribution in [0.4, 0.5) is 0 Å². The van der Waals surface area contributed by atoms with Crippen LogP contribution in [0.3, 0.4) is 0 Å². The molecule has 2 aromatic rings. The first-order valence-electron chi connectivity index (χ1n) is 6.94. The van der Waals surface area contributed by atoms with Crippen molar-refractivity contribution in [1.29, 1.82) is 0 Å². The summed E-state index contributed by atoms with van der Waals surface area (Å²) >= 11 is 1.63. The van der Waals surface area contributed by atoms with Gasteiger partial charge in [0.2, 0.25) is 0 Å². The number of rotatable bonds is 4. The largest absolute Gasteiger partial charge is 0.490 e. The molecule has 1 aliphatic heterocycles. The number of hydrogen-bond donors (Lipinski definition) is 1. The molecular formula is C15H16O6S2. The van der Waals surface area contributed by atoms with E-state index >= 15 is 0 Å². The molecule has 0 saturated carbocycles.